The summed E-state index contributed by atoms with van der Waals surface area (Å²) in [5, 5.41) is 0.755. The van der Waals surface area contributed by atoms with Crippen LogP contribution in [0.2, 0.25) is 0 Å². The maximum absolute atomic E-state index is 13.8. The molecule has 1 aromatic rings. The van der Waals surface area contributed by atoms with E-state index in [4.69, 9.17) is 11.6 Å². The van der Waals surface area contributed by atoms with Crippen molar-refractivity contribution in [1.82, 2.24) is 14.5 Å². The topological polar surface area (TPSA) is 47.9 Å². The predicted molar refractivity (Wildman–Crippen MR) is 187 cm³/mol. The summed E-state index contributed by atoms with van der Waals surface area (Å²) < 4.78 is 17.2. The molecule has 0 heterocycles. The smallest absolute Gasteiger partial charge is 0.227 e. The quantitative estimate of drug-likeness (QED) is 0.194. The van der Waals surface area contributed by atoms with E-state index in [9.17, 15) is 9.18 Å². The zero-order chi connectivity index (χ0) is 31.9. The van der Waals surface area contributed by atoms with Gasteiger partial charge >= 0.3 is 0 Å². The van der Waals surface area contributed by atoms with Gasteiger partial charge in [-0.15, -0.1) is 0 Å². The summed E-state index contributed by atoms with van der Waals surface area (Å²) >= 11 is 7.84. The monoisotopic (exact) mass is 636 g/mol. The van der Waals surface area contributed by atoms with E-state index in [1.165, 1.54) is 22.6 Å². The molecule has 1 N–H and O–H groups in total. The predicted octanol–water partition coefficient (Wildman–Crippen LogP) is 9.03. The molecule has 0 aliphatic heterocycles. The highest BCUT2D eigenvalue weighted by molar-refractivity contribution is 8.01. The van der Waals surface area contributed by atoms with Crippen LogP contribution in [0, 0.1) is 11.7 Å². The highest BCUT2D eigenvalue weighted by Gasteiger charge is 2.29. The molecule has 0 bridgehead atoms. The Morgan fingerprint density at radius 3 is 2.70 bits per heavy atom. The van der Waals surface area contributed by atoms with Crippen LogP contribution in [0.25, 0.3) is 0 Å². The number of halogens is 2. The third-order valence-corrected chi connectivity index (χ3v) is 8.73. The van der Waals surface area contributed by atoms with Crippen LogP contribution in [-0.2, 0) is 4.79 Å². The van der Waals surface area contributed by atoms with Gasteiger partial charge in [0.2, 0.25) is 5.91 Å². The van der Waals surface area contributed by atoms with Gasteiger partial charge in [-0.05, 0) is 84.5 Å². The van der Waals surface area contributed by atoms with Crippen molar-refractivity contribution in [3.63, 3.8) is 0 Å². The van der Waals surface area contributed by atoms with E-state index >= 15 is 0 Å². The number of rotatable bonds is 11. The third kappa shape index (κ3) is 11.1. The van der Waals surface area contributed by atoms with Gasteiger partial charge in [-0.3, -0.25) is 14.5 Å². The largest absolute Gasteiger partial charge is 0.382 e. The van der Waals surface area contributed by atoms with E-state index in [1.807, 2.05) is 75.2 Å². The zero-order valence-electron chi connectivity index (χ0n) is 26.5. The molecule has 3 aliphatic carbocycles. The first-order chi connectivity index (χ1) is 21.3. The Morgan fingerprint density at radius 1 is 1.18 bits per heavy atom. The van der Waals surface area contributed by atoms with Gasteiger partial charge in [0, 0.05) is 60.8 Å². The number of nitrogens with one attached hydrogen (secondary N) is 1. The Bertz CT molecular complexity index is 1340. The summed E-state index contributed by atoms with van der Waals surface area (Å²) in [6.07, 6.45) is 26.3. The average molecular weight is 637 g/mol. The number of allylic oxidation sites excluding steroid dienone is 10. The number of carbonyl (C=O) groups is 1. The molecule has 0 saturated heterocycles. The number of amides is 1. The fraction of sp³-hybridized carbons (Fsp3) is 0.389. The van der Waals surface area contributed by atoms with E-state index < -0.39 is 0 Å². The van der Waals surface area contributed by atoms with E-state index in [0.717, 1.165) is 42.0 Å². The van der Waals surface area contributed by atoms with E-state index in [-0.39, 0.29) is 23.7 Å². The van der Waals surface area contributed by atoms with Gasteiger partial charge in [0.05, 0.1) is 6.54 Å². The van der Waals surface area contributed by atoms with Crippen molar-refractivity contribution >= 4 is 35.7 Å². The fourth-order valence-corrected chi connectivity index (χ4v) is 6.16. The second-order valence-electron chi connectivity index (χ2n) is 11.0. The molecule has 4 rings (SSSR count). The number of benzene rings is 1. The lowest BCUT2D eigenvalue weighted by Crippen LogP contribution is -2.35. The molecule has 1 fully saturated rings. The van der Waals surface area contributed by atoms with Crippen LogP contribution in [0.1, 0.15) is 64.4 Å². The van der Waals surface area contributed by atoms with Crippen LogP contribution in [0.5, 0.6) is 0 Å². The molecule has 3 atom stereocenters. The van der Waals surface area contributed by atoms with Gasteiger partial charge in [-0.1, -0.05) is 81.3 Å². The van der Waals surface area contributed by atoms with Crippen LogP contribution in [0.4, 0.5) is 4.39 Å². The molecule has 0 radical (unpaired) electrons. The summed E-state index contributed by atoms with van der Waals surface area (Å²) in [6, 6.07) is 6.58. The van der Waals surface area contributed by atoms with Gasteiger partial charge < -0.3 is 9.80 Å². The first-order valence-electron chi connectivity index (χ1n) is 15.5. The molecule has 8 heteroatoms. The Morgan fingerprint density at radius 2 is 1.95 bits per heavy atom. The molecule has 3 aliphatic rings. The Labute approximate surface area is 272 Å². The highest BCUT2D eigenvalue weighted by atomic mass is 35.5. The van der Waals surface area contributed by atoms with Crippen LogP contribution < -0.4 is 4.72 Å². The van der Waals surface area contributed by atoms with Gasteiger partial charge in [0.25, 0.3) is 0 Å². The first-order valence-corrected chi connectivity index (χ1v) is 16.7. The standard InChI is InChI=1S/C34H40ClFN4OS.C2H6/c1-25(26-13-16-29(36)17-14-26)23-34(41)40(22-20-37-19-21-39(2)3)30-10-4-7-27-8-5-12-33(32(27)24-30)38-42-31-11-6-9-28(35)15-18-31;1-2/h4,6-7,9-11,13-17,19-21,24-25,27,33,38H,5,8,12,18,22-23H2,1-3H3;1-2H3/b21-19-,37-20?;. The summed E-state index contributed by atoms with van der Waals surface area (Å²) in [4.78, 5) is 23.2. The molecule has 1 saturated carbocycles. The minimum atomic E-state index is -0.279. The van der Waals surface area contributed by atoms with Crippen LogP contribution >= 0.6 is 23.5 Å². The number of hydrogen-bond acceptors (Lipinski definition) is 5. The van der Waals surface area contributed by atoms with E-state index in [0.29, 0.717) is 18.9 Å². The number of carbonyl (C=O) groups excluding carboxylic acids is 1. The van der Waals surface area contributed by atoms with Crippen LogP contribution in [0.3, 0.4) is 0 Å². The van der Waals surface area contributed by atoms with Gasteiger partial charge in [0.15, 0.2) is 0 Å². The number of hydrogen-bond donors (Lipinski definition) is 1. The van der Waals surface area contributed by atoms with Crippen molar-refractivity contribution in [3.8, 4) is 0 Å². The van der Waals surface area contributed by atoms with Gasteiger partial charge in [-0.2, -0.15) is 0 Å². The van der Waals surface area contributed by atoms with Crippen molar-refractivity contribution in [1.29, 1.82) is 0 Å². The minimum Gasteiger partial charge on any atom is -0.382 e. The molecule has 3 unspecified atom stereocenters. The number of aliphatic imine (C=N–C) groups is 1. The molecule has 44 heavy (non-hydrogen) atoms. The summed E-state index contributed by atoms with van der Waals surface area (Å²) in [7, 11) is 3.87. The lowest BCUT2D eigenvalue weighted by Gasteiger charge is -2.32. The molecule has 5 nitrogen and oxygen atoms in total. The van der Waals surface area contributed by atoms with E-state index in [2.05, 4.69) is 34.0 Å². The third-order valence-electron chi connectivity index (χ3n) is 7.48. The van der Waals surface area contributed by atoms with Crippen molar-refractivity contribution in [2.45, 2.75) is 64.8 Å². The van der Waals surface area contributed by atoms with Crippen molar-refractivity contribution < 1.29 is 9.18 Å². The SMILES string of the molecule is CC.CC(CC(=O)N(CC=N/C=C\N(C)C)C1=CC=CC2CCCC(NSC3=CC=CC(Cl)=CC3)C2=C1)c1ccc(F)cc1. The number of fused-ring (bicyclic) bond motifs is 1. The van der Waals surface area contributed by atoms with Crippen molar-refractivity contribution in [2.75, 3.05) is 20.6 Å². The molecule has 236 valence electrons. The Kier molecular flexibility index (Phi) is 15.0. The summed E-state index contributed by atoms with van der Waals surface area (Å²) in [6.45, 7) is 6.35. The molecular formula is C36H46ClFN4OS. The van der Waals surface area contributed by atoms with Crippen molar-refractivity contribution in [2.24, 2.45) is 10.9 Å². The van der Waals surface area contributed by atoms with Gasteiger partial charge in [-0.25, -0.2) is 4.39 Å². The molecule has 1 amide bonds. The molecule has 0 aromatic heterocycles. The normalized spacial score (nSPS) is 20.3. The molecule has 0 spiro atoms. The minimum absolute atomic E-state index is 0.00132. The average Bonchev–Trinajstić information content (AvgIpc) is 3.36. The zero-order valence-corrected chi connectivity index (χ0v) is 28.1. The fourth-order valence-electron chi connectivity index (χ4n) is 5.15. The Balaban J connectivity index is 0.00000259. The second-order valence-corrected chi connectivity index (χ2v) is 12.4. The lowest BCUT2D eigenvalue weighted by atomic mass is 9.81. The summed E-state index contributed by atoms with van der Waals surface area (Å²) in [5.41, 5.74) is 3.09. The molecular weight excluding hydrogens is 591 g/mol. The van der Waals surface area contributed by atoms with Crippen molar-refractivity contribution in [3.05, 3.63) is 118 Å². The second kappa shape index (κ2) is 18.6. The van der Waals surface area contributed by atoms with Crippen LogP contribution in [-0.4, -0.2) is 48.6 Å². The van der Waals surface area contributed by atoms with Gasteiger partial charge in [0.1, 0.15) is 5.82 Å². The highest BCUT2D eigenvalue weighted by Crippen LogP contribution is 2.36. The summed E-state index contributed by atoms with van der Waals surface area (Å²) in [5.74, 6) is -0.0231. The lowest BCUT2D eigenvalue weighted by molar-refractivity contribution is -0.128. The maximum Gasteiger partial charge on any atom is 0.227 e. The number of nitrogens with zero attached hydrogens (tertiary/aromatic N) is 3. The first kappa shape index (κ1) is 35.4. The van der Waals surface area contributed by atoms with Crippen LogP contribution in [0.15, 0.2) is 111 Å². The Hall–Kier alpha value is -3.13. The maximum atomic E-state index is 13.8. The van der Waals surface area contributed by atoms with E-state index in [1.54, 1.807) is 36.5 Å². The molecule has 1 aromatic carbocycles.